The molecule has 3 aromatic rings. The lowest BCUT2D eigenvalue weighted by Crippen LogP contribution is -2.02. The SMILES string of the molecule is CCOC(=O)c1sc2ccc(O)c(C=Nc3ccc(OC)cc3)c2c1Cl. The van der Waals surface area contributed by atoms with Gasteiger partial charge in [0.25, 0.3) is 0 Å². The highest BCUT2D eigenvalue weighted by Gasteiger charge is 2.21. The van der Waals surface area contributed by atoms with Crippen molar-refractivity contribution in [1.29, 1.82) is 0 Å². The van der Waals surface area contributed by atoms with Gasteiger partial charge in [0.15, 0.2) is 0 Å². The first-order chi connectivity index (χ1) is 12.5. The number of methoxy groups -OCH3 is 1. The number of phenolic OH excluding ortho intramolecular Hbond substituents is 1. The van der Waals surface area contributed by atoms with Crippen LogP contribution in [0.15, 0.2) is 41.4 Å². The molecule has 0 fully saturated rings. The Labute approximate surface area is 159 Å². The van der Waals surface area contributed by atoms with E-state index in [1.54, 1.807) is 50.4 Å². The van der Waals surface area contributed by atoms with Gasteiger partial charge in [0.05, 0.1) is 24.4 Å². The largest absolute Gasteiger partial charge is 0.507 e. The number of nitrogens with zero attached hydrogens (tertiary/aromatic N) is 1. The third-order valence-corrected chi connectivity index (χ3v) is 5.32. The maximum absolute atomic E-state index is 12.1. The molecule has 26 heavy (non-hydrogen) atoms. The van der Waals surface area contributed by atoms with Crippen LogP contribution in [0.3, 0.4) is 0 Å². The Morgan fingerprint density at radius 2 is 2.00 bits per heavy atom. The van der Waals surface area contributed by atoms with E-state index in [1.165, 1.54) is 17.6 Å². The molecular weight excluding hydrogens is 374 g/mol. The molecule has 0 unspecified atom stereocenters. The lowest BCUT2D eigenvalue weighted by Gasteiger charge is -2.03. The van der Waals surface area contributed by atoms with Crippen molar-refractivity contribution >= 4 is 50.9 Å². The Hall–Kier alpha value is -2.57. The molecule has 3 rings (SSSR count). The number of carbonyl (C=O) groups is 1. The van der Waals surface area contributed by atoms with Crippen molar-refractivity contribution in [3.63, 3.8) is 0 Å². The van der Waals surface area contributed by atoms with E-state index >= 15 is 0 Å². The number of aliphatic imine (C=N–C) groups is 1. The summed E-state index contributed by atoms with van der Waals surface area (Å²) in [6.07, 6.45) is 1.53. The van der Waals surface area contributed by atoms with Crippen LogP contribution < -0.4 is 4.74 Å². The van der Waals surface area contributed by atoms with Gasteiger partial charge in [-0.3, -0.25) is 4.99 Å². The maximum Gasteiger partial charge on any atom is 0.349 e. The molecule has 1 aromatic heterocycles. The summed E-state index contributed by atoms with van der Waals surface area (Å²) < 4.78 is 10.9. The second-order valence-electron chi connectivity index (χ2n) is 5.29. The van der Waals surface area contributed by atoms with Gasteiger partial charge in [-0.05, 0) is 43.3 Å². The van der Waals surface area contributed by atoms with Crippen LogP contribution in [0.1, 0.15) is 22.2 Å². The van der Waals surface area contributed by atoms with Gasteiger partial charge in [0.2, 0.25) is 0 Å². The lowest BCUT2D eigenvalue weighted by atomic mass is 10.1. The number of hydrogen-bond acceptors (Lipinski definition) is 6. The Bertz CT molecular complexity index is 979. The first kappa shape index (κ1) is 18.2. The highest BCUT2D eigenvalue weighted by Crippen LogP contribution is 2.40. The fourth-order valence-corrected chi connectivity index (χ4v) is 3.89. The van der Waals surface area contributed by atoms with Gasteiger partial charge in [-0.15, -0.1) is 11.3 Å². The number of thiophene rings is 1. The van der Waals surface area contributed by atoms with Gasteiger partial charge in [-0.25, -0.2) is 4.79 Å². The molecule has 0 atom stereocenters. The number of esters is 1. The molecule has 0 saturated heterocycles. The minimum Gasteiger partial charge on any atom is -0.507 e. The summed E-state index contributed by atoms with van der Waals surface area (Å²) in [4.78, 5) is 16.8. The topological polar surface area (TPSA) is 68.1 Å². The third kappa shape index (κ3) is 3.52. The Morgan fingerprint density at radius 3 is 2.65 bits per heavy atom. The van der Waals surface area contributed by atoms with Gasteiger partial charge in [-0.2, -0.15) is 0 Å². The van der Waals surface area contributed by atoms with E-state index in [1.807, 2.05) is 0 Å². The number of carbonyl (C=O) groups excluding carboxylic acids is 1. The fraction of sp³-hybridized carbons (Fsp3) is 0.158. The first-order valence-corrected chi connectivity index (χ1v) is 9.03. The summed E-state index contributed by atoms with van der Waals surface area (Å²) in [5.41, 5.74) is 1.15. The normalized spacial score (nSPS) is 11.2. The molecule has 1 heterocycles. The quantitative estimate of drug-likeness (QED) is 0.481. The second kappa shape index (κ2) is 7.76. The summed E-state index contributed by atoms with van der Waals surface area (Å²) in [6.45, 7) is 2.00. The number of halogens is 1. The minimum absolute atomic E-state index is 0.0323. The van der Waals surface area contributed by atoms with Crippen molar-refractivity contribution in [3.8, 4) is 11.5 Å². The molecule has 0 aliphatic rings. The molecule has 5 nitrogen and oxygen atoms in total. The van der Waals surface area contributed by atoms with E-state index in [0.29, 0.717) is 21.5 Å². The molecule has 2 aromatic carbocycles. The summed E-state index contributed by atoms with van der Waals surface area (Å²) in [6, 6.07) is 10.5. The predicted molar refractivity (Wildman–Crippen MR) is 105 cm³/mol. The Kier molecular flexibility index (Phi) is 5.44. The summed E-state index contributed by atoms with van der Waals surface area (Å²) >= 11 is 7.63. The van der Waals surface area contributed by atoms with Crippen LogP contribution in [0.4, 0.5) is 5.69 Å². The van der Waals surface area contributed by atoms with E-state index in [0.717, 1.165) is 10.4 Å². The molecule has 134 valence electrons. The zero-order chi connectivity index (χ0) is 18.7. The van der Waals surface area contributed by atoms with Gasteiger partial charge >= 0.3 is 5.97 Å². The van der Waals surface area contributed by atoms with Crippen LogP contribution >= 0.6 is 22.9 Å². The number of aromatic hydroxyl groups is 1. The van der Waals surface area contributed by atoms with Crippen LogP contribution in [0.5, 0.6) is 11.5 Å². The Morgan fingerprint density at radius 1 is 1.27 bits per heavy atom. The molecule has 0 amide bonds. The summed E-state index contributed by atoms with van der Waals surface area (Å²) in [5.74, 6) is 0.287. The van der Waals surface area contributed by atoms with Crippen molar-refractivity contribution in [3.05, 3.63) is 51.9 Å². The number of fused-ring (bicyclic) bond motifs is 1. The average Bonchev–Trinajstić information content (AvgIpc) is 2.99. The summed E-state index contributed by atoms with van der Waals surface area (Å²) in [7, 11) is 1.59. The minimum atomic E-state index is -0.476. The zero-order valence-corrected chi connectivity index (χ0v) is 15.7. The highest BCUT2D eigenvalue weighted by molar-refractivity contribution is 7.21. The van der Waals surface area contributed by atoms with E-state index in [9.17, 15) is 9.90 Å². The highest BCUT2D eigenvalue weighted by atomic mass is 35.5. The van der Waals surface area contributed by atoms with Crippen LogP contribution in [0.25, 0.3) is 10.1 Å². The van der Waals surface area contributed by atoms with Crippen LogP contribution in [-0.2, 0) is 4.74 Å². The van der Waals surface area contributed by atoms with Crippen LogP contribution in [0, 0.1) is 0 Å². The molecule has 1 N–H and O–H groups in total. The number of rotatable bonds is 5. The zero-order valence-electron chi connectivity index (χ0n) is 14.2. The number of hydrogen-bond donors (Lipinski definition) is 1. The third-order valence-electron chi connectivity index (χ3n) is 3.69. The van der Waals surface area contributed by atoms with Crippen LogP contribution in [-0.4, -0.2) is 31.0 Å². The molecular formula is C19H16ClNO4S. The number of ether oxygens (including phenoxy) is 2. The molecule has 0 spiro atoms. The van der Waals surface area contributed by atoms with Gasteiger partial charge < -0.3 is 14.6 Å². The van der Waals surface area contributed by atoms with E-state index < -0.39 is 5.97 Å². The number of benzene rings is 2. The molecule has 0 aliphatic carbocycles. The molecule has 0 aliphatic heterocycles. The van der Waals surface area contributed by atoms with Crippen LogP contribution in [0.2, 0.25) is 5.02 Å². The maximum atomic E-state index is 12.1. The second-order valence-corrected chi connectivity index (χ2v) is 6.72. The molecule has 0 bridgehead atoms. The smallest absolute Gasteiger partial charge is 0.349 e. The first-order valence-electron chi connectivity index (χ1n) is 7.84. The number of phenols is 1. The van der Waals surface area contributed by atoms with E-state index in [2.05, 4.69) is 4.99 Å². The average molecular weight is 390 g/mol. The molecule has 0 radical (unpaired) electrons. The van der Waals surface area contributed by atoms with Gasteiger partial charge in [0.1, 0.15) is 16.4 Å². The van der Waals surface area contributed by atoms with E-state index in [-0.39, 0.29) is 17.4 Å². The van der Waals surface area contributed by atoms with Crippen molar-refractivity contribution in [1.82, 2.24) is 0 Å². The lowest BCUT2D eigenvalue weighted by molar-refractivity contribution is 0.0532. The van der Waals surface area contributed by atoms with Crippen molar-refractivity contribution in [2.24, 2.45) is 4.99 Å². The fourth-order valence-electron chi connectivity index (χ4n) is 2.43. The van der Waals surface area contributed by atoms with E-state index in [4.69, 9.17) is 21.1 Å². The van der Waals surface area contributed by atoms with Crippen molar-refractivity contribution < 1.29 is 19.4 Å². The van der Waals surface area contributed by atoms with Gasteiger partial charge in [0, 0.05) is 21.9 Å². The molecule has 0 saturated carbocycles. The monoisotopic (exact) mass is 389 g/mol. The van der Waals surface area contributed by atoms with Gasteiger partial charge in [-0.1, -0.05) is 11.6 Å². The van der Waals surface area contributed by atoms with Crippen molar-refractivity contribution in [2.45, 2.75) is 6.92 Å². The van der Waals surface area contributed by atoms with Crippen molar-refractivity contribution in [2.75, 3.05) is 13.7 Å². The Balaban J connectivity index is 2.05. The molecule has 7 heteroatoms. The predicted octanol–water partition coefficient (Wildman–Crippen LogP) is 5.20. The standard InChI is InChI=1S/C19H16ClNO4S/c1-3-25-19(23)18-17(20)16-13(14(22)8-9-15(16)26-18)10-21-11-4-6-12(24-2)7-5-11/h4-10,22H,3H2,1-2H3. The summed E-state index contributed by atoms with van der Waals surface area (Å²) in [5, 5.41) is 11.1.